The number of nitrogens with zero attached hydrogens (tertiary/aromatic N) is 1. The van der Waals surface area contributed by atoms with Gasteiger partial charge in [0.25, 0.3) is 0 Å². The average molecular weight is 260 g/mol. The summed E-state index contributed by atoms with van der Waals surface area (Å²) in [5.74, 6) is -1.37. The predicted octanol–water partition coefficient (Wildman–Crippen LogP) is -0.0839. The molecular weight excluding hydrogens is 236 g/mol. The number of carboxylic acids is 1. The van der Waals surface area contributed by atoms with Crippen LogP contribution in [0.1, 0.15) is 26.7 Å². The van der Waals surface area contributed by atoms with Crippen molar-refractivity contribution in [1.29, 1.82) is 0 Å². The maximum atomic E-state index is 11.6. The highest BCUT2D eigenvalue weighted by molar-refractivity contribution is 5.83. The number of rotatable bonds is 9. The van der Waals surface area contributed by atoms with Crippen LogP contribution in [0.2, 0.25) is 0 Å². The van der Waals surface area contributed by atoms with E-state index in [1.807, 2.05) is 11.8 Å². The van der Waals surface area contributed by atoms with Gasteiger partial charge in [0, 0.05) is 19.5 Å². The van der Waals surface area contributed by atoms with E-state index in [-0.39, 0.29) is 24.9 Å². The van der Waals surface area contributed by atoms with Gasteiger partial charge in [0.15, 0.2) is 0 Å². The molecule has 2 unspecified atom stereocenters. The second kappa shape index (κ2) is 8.88. The van der Waals surface area contributed by atoms with Crippen molar-refractivity contribution in [3.63, 3.8) is 0 Å². The van der Waals surface area contributed by atoms with Crippen molar-refractivity contribution in [3.8, 4) is 0 Å². The molecule has 6 heteroatoms. The van der Waals surface area contributed by atoms with E-state index >= 15 is 0 Å². The van der Waals surface area contributed by atoms with E-state index in [4.69, 9.17) is 10.2 Å². The number of carbonyl (C=O) groups excluding carboxylic acids is 1. The van der Waals surface area contributed by atoms with Gasteiger partial charge in [-0.05, 0) is 13.0 Å². The Hall–Kier alpha value is -1.14. The minimum Gasteiger partial charge on any atom is -0.480 e. The fourth-order valence-corrected chi connectivity index (χ4v) is 1.50. The van der Waals surface area contributed by atoms with E-state index in [0.29, 0.717) is 19.5 Å². The molecule has 0 heterocycles. The molecule has 106 valence electrons. The maximum Gasteiger partial charge on any atom is 0.326 e. The molecule has 0 saturated heterocycles. The summed E-state index contributed by atoms with van der Waals surface area (Å²) in [5, 5.41) is 20.3. The summed E-state index contributed by atoms with van der Waals surface area (Å²) in [6.45, 7) is 4.74. The van der Waals surface area contributed by atoms with Crippen LogP contribution in [0.4, 0.5) is 0 Å². The molecule has 18 heavy (non-hydrogen) atoms. The molecule has 0 saturated carbocycles. The fourth-order valence-electron chi connectivity index (χ4n) is 1.50. The molecule has 0 aromatic carbocycles. The van der Waals surface area contributed by atoms with E-state index in [1.165, 1.54) is 0 Å². The highest BCUT2D eigenvalue weighted by atomic mass is 16.4. The van der Waals surface area contributed by atoms with Gasteiger partial charge in [-0.15, -0.1) is 0 Å². The second-order valence-corrected chi connectivity index (χ2v) is 4.55. The lowest BCUT2D eigenvalue weighted by molar-refractivity contribution is -0.143. The van der Waals surface area contributed by atoms with Crippen LogP contribution in [0.5, 0.6) is 0 Å². The van der Waals surface area contributed by atoms with Gasteiger partial charge in [-0.2, -0.15) is 0 Å². The normalized spacial score (nSPS) is 14.3. The Morgan fingerprint density at radius 1 is 1.33 bits per heavy atom. The third-order valence-corrected chi connectivity index (χ3v) is 3.00. The molecule has 0 rings (SSSR count). The van der Waals surface area contributed by atoms with Crippen molar-refractivity contribution in [2.24, 2.45) is 5.92 Å². The molecule has 6 nitrogen and oxygen atoms in total. The molecule has 0 bridgehead atoms. The minimum atomic E-state index is -0.999. The third kappa shape index (κ3) is 6.56. The number of hydrogen-bond donors (Lipinski definition) is 3. The van der Waals surface area contributed by atoms with Crippen LogP contribution < -0.4 is 5.32 Å². The Kier molecular flexibility index (Phi) is 8.32. The van der Waals surface area contributed by atoms with E-state index in [0.717, 1.165) is 0 Å². The molecule has 0 aliphatic heterocycles. The zero-order chi connectivity index (χ0) is 14.1. The Bertz CT molecular complexity index is 271. The molecule has 0 aromatic rings. The molecule has 0 spiro atoms. The van der Waals surface area contributed by atoms with Crippen molar-refractivity contribution < 1.29 is 19.8 Å². The van der Waals surface area contributed by atoms with E-state index in [2.05, 4.69) is 5.32 Å². The Morgan fingerprint density at radius 2 is 1.94 bits per heavy atom. The van der Waals surface area contributed by atoms with E-state index in [1.54, 1.807) is 14.0 Å². The van der Waals surface area contributed by atoms with Crippen molar-refractivity contribution in [2.45, 2.75) is 32.7 Å². The number of aliphatic hydroxyl groups excluding tert-OH is 1. The Labute approximate surface area is 108 Å². The quantitative estimate of drug-likeness (QED) is 0.539. The lowest BCUT2D eigenvalue weighted by Gasteiger charge is -2.21. The molecule has 0 aliphatic rings. The molecule has 1 amide bonds. The summed E-state index contributed by atoms with van der Waals surface area (Å²) in [5.41, 5.74) is 0. The molecule has 2 atom stereocenters. The van der Waals surface area contributed by atoms with Crippen molar-refractivity contribution in [2.75, 3.05) is 26.7 Å². The van der Waals surface area contributed by atoms with Gasteiger partial charge >= 0.3 is 5.97 Å². The number of carbonyl (C=O) groups is 2. The summed E-state index contributed by atoms with van der Waals surface area (Å²) in [6, 6.07) is -0.828. The average Bonchev–Trinajstić information content (AvgIpc) is 2.32. The smallest absolute Gasteiger partial charge is 0.326 e. The summed E-state index contributed by atoms with van der Waals surface area (Å²) >= 11 is 0. The molecular formula is C12H24N2O4. The van der Waals surface area contributed by atoms with Crippen LogP contribution in [0.3, 0.4) is 0 Å². The topological polar surface area (TPSA) is 89.9 Å². The van der Waals surface area contributed by atoms with Crippen LogP contribution in [0, 0.1) is 5.92 Å². The van der Waals surface area contributed by atoms with Crippen LogP contribution in [0.25, 0.3) is 0 Å². The molecule has 0 fully saturated rings. The summed E-state index contributed by atoms with van der Waals surface area (Å²) < 4.78 is 0. The molecule has 3 N–H and O–H groups in total. The van der Waals surface area contributed by atoms with Crippen LogP contribution in [0.15, 0.2) is 0 Å². The molecule has 0 radical (unpaired) electrons. The third-order valence-electron chi connectivity index (χ3n) is 3.00. The van der Waals surface area contributed by atoms with Crippen molar-refractivity contribution >= 4 is 11.9 Å². The van der Waals surface area contributed by atoms with E-state index in [9.17, 15) is 9.59 Å². The number of aliphatic carboxylic acids is 1. The predicted molar refractivity (Wildman–Crippen MR) is 68.2 cm³/mol. The Balaban J connectivity index is 4.14. The standard InChI is InChI=1S/C12H24N2O4/c1-4-9(2)11(12(17)18)13-10(16)5-6-14(3)7-8-15/h9,11,15H,4-8H2,1-3H3,(H,13,16)(H,17,18). The van der Waals surface area contributed by atoms with Gasteiger partial charge in [0.2, 0.25) is 5.91 Å². The summed E-state index contributed by atoms with van der Waals surface area (Å²) in [7, 11) is 1.80. The highest BCUT2D eigenvalue weighted by Crippen LogP contribution is 2.08. The first-order chi connectivity index (χ1) is 8.42. The van der Waals surface area contributed by atoms with Gasteiger partial charge in [-0.3, -0.25) is 4.79 Å². The number of hydrogen-bond acceptors (Lipinski definition) is 4. The first kappa shape index (κ1) is 16.9. The largest absolute Gasteiger partial charge is 0.480 e. The van der Waals surface area contributed by atoms with Crippen molar-refractivity contribution in [1.82, 2.24) is 10.2 Å². The van der Waals surface area contributed by atoms with Gasteiger partial charge in [-0.1, -0.05) is 20.3 Å². The van der Waals surface area contributed by atoms with Gasteiger partial charge in [0.05, 0.1) is 6.61 Å². The number of carboxylic acid groups (broad SMARTS) is 1. The first-order valence-corrected chi connectivity index (χ1v) is 6.23. The van der Waals surface area contributed by atoms with Gasteiger partial charge in [-0.25, -0.2) is 4.79 Å². The number of nitrogens with one attached hydrogen (secondary N) is 1. The lowest BCUT2D eigenvalue weighted by Crippen LogP contribution is -2.45. The SMILES string of the molecule is CCC(C)C(NC(=O)CCN(C)CCO)C(=O)O. The van der Waals surface area contributed by atoms with E-state index < -0.39 is 12.0 Å². The molecule has 0 aromatic heterocycles. The van der Waals surface area contributed by atoms with Crippen LogP contribution >= 0.6 is 0 Å². The maximum absolute atomic E-state index is 11.6. The fraction of sp³-hybridized carbons (Fsp3) is 0.833. The zero-order valence-corrected chi connectivity index (χ0v) is 11.3. The zero-order valence-electron chi connectivity index (χ0n) is 11.3. The number of aliphatic hydroxyl groups is 1. The van der Waals surface area contributed by atoms with Gasteiger partial charge < -0.3 is 20.4 Å². The first-order valence-electron chi connectivity index (χ1n) is 6.23. The number of likely N-dealkylation sites (N-methyl/N-ethyl adjacent to an activating group) is 1. The second-order valence-electron chi connectivity index (χ2n) is 4.55. The summed E-state index contributed by atoms with van der Waals surface area (Å²) in [4.78, 5) is 24.5. The summed E-state index contributed by atoms with van der Waals surface area (Å²) in [6.07, 6.45) is 0.929. The number of amides is 1. The Morgan fingerprint density at radius 3 is 2.39 bits per heavy atom. The highest BCUT2D eigenvalue weighted by Gasteiger charge is 2.24. The van der Waals surface area contributed by atoms with Gasteiger partial charge in [0.1, 0.15) is 6.04 Å². The van der Waals surface area contributed by atoms with Crippen LogP contribution in [-0.4, -0.2) is 59.8 Å². The lowest BCUT2D eigenvalue weighted by atomic mass is 9.99. The van der Waals surface area contributed by atoms with Crippen molar-refractivity contribution in [3.05, 3.63) is 0 Å². The monoisotopic (exact) mass is 260 g/mol. The minimum absolute atomic E-state index is 0.0444. The van der Waals surface area contributed by atoms with Crippen LogP contribution in [-0.2, 0) is 9.59 Å². The molecule has 0 aliphatic carbocycles.